The van der Waals surface area contributed by atoms with Crippen LogP contribution >= 0.6 is 15.9 Å². The smallest absolute Gasteiger partial charge is 0.241 e. The standard InChI is InChI=1S/C16H15BrN2O/c17-14-7-3-1-6-13(14)11-19-15-8-4-2-5-12(15)9-18-10-16(19)20/h1-8,18H,9-11H2. The van der Waals surface area contributed by atoms with E-state index in [2.05, 4.69) is 27.3 Å². The van der Waals surface area contributed by atoms with E-state index in [1.165, 1.54) is 0 Å². The van der Waals surface area contributed by atoms with Crippen molar-refractivity contribution in [3.05, 3.63) is 64.1 Å². The fraction of sp³-hybridized carbons (Fsp3) is 0.188. The molecule has 1 N–H and O–H groups in total. The van der Waals surface area contributed by atoms with E-state index in [1.807, 2.05) is 47.4 Å². The first-order chi connectivity index (χ1) is 9.75. The Kier molecular flexibility index (Phi) is 3.85. The van der Waals surface area contributed by atoms with E-state index in [0.717, 1.165) is 27.8 Å². The molecule has 0 atom stereocenters. The second-order valence-electron chi connectivity index (χ2n) is 4.80. The lowest BCUT2D eigenvalue weighted by Gasteiger charge is -2.23. The first-order valence-corrected chi connectivity index (χ1v) is 7.37. The van der Waals surface area contributed by atoms with Gasteiger partial charge < -0.3 is 10.2 Å². The summed E-state index contributed by atoms with van der Waals surface area (Å²) in [5.74, 6) is 0.103. The number of para-hydroxylation sites is 1. The SMILES string of the molecule is O=C1CNCc2ccccc2N1Cc1ccccc1Br. The third kappa shape index (κ3) is 2.62. The molecule has 3 nitrogen and oxygen atoms in total. The number of rotatable bonds is 2. The fourth-order valence-corrected chi connectivity index (χ4v) is 2.84. The van der Waals surface area contributed by atoms with Crippen LogP contribution < -0.4 is 10.2 Å². The summed E-state index contributed by atoms with van der Waals surface area (Å²) < 4.78 is 1.03. The van der Waals surface area contributed by atoms with Gasteiger partial charge in [-0.15, -0.1) is 0 Å². The maximum absolute atomic E-state index is 12.3. The highest BCUT2D eigenvalue weighted by Gasteiger charge is 2.22. The first kappa shape index (κ1) is 13.3. The summed E-state index contributed by atoms with van der Waals surface area (Å²) in [6, 6.07) is 16.1. The zero-order chi connectivity index (χ0) is 13.9. The molecule has 1 aliphatic heterocycles. The topological polar surface area (TPSA) is 32.3 Å². The van der Waals surface area contributed by atoms with E-state index in [0.29, 0.717) is 13.1 Å². The Bertz CT molecular complexity index is 642. The van der Waals surface area contributed by atoms with Crippen LogP contribution in [0, 0.1) is 0 Å². The van der Waals surface area contributed by atoms with Gasteiger partial charge in [0.2, 0.25) is 5.91 Å². The van der Waals surface area contributed by atoms with Crippen molar-refractivity contribution in [1.82, 2.24) is 5.32 Å². The molecule has 4 heteroatoms. The van der Waals surface area contributed by atoms with Gasteiger partial charge in [-0.25, -0.2) is 0 Å². The molecule has 102 valence electrons. The molecule has 1 amide bonds. The zero-order valence-corrected chi connectivity index (χ0v) is 12.6. The molecule has 0 aromatic heterocycles. The van der Waals surface area contributed by atoms with Gasteiger partial charge in [-0.05, 0) is 23.3 Å². The third-order valence-electron chi connectivity index (χ3n) is 3.46. The number of nitrogens with one attached hydrogen (secondary N) is 1. The molecule has 0 unspecified atom stereocenters. The number of amides is 1. The van der Waals surface area contributed by atoms with E-state index < -0.39 is 0 Å². The number of halogens is 1. The number of hydrogen-bond donors (Lipinski definition) is 1. The van der Waals surface area contributed by atoms with E-state index >= 15 is 0 Å². The normalized spacial score (nSPS) is 14.8. The molecule has 2 aromatic carbocycles. The summed E-state index contributed by atoms with van der Waals surface area (Å²) in [6.45, 7) is 1.69. The van der Waals surface area contributed by atoms with Crippen molar-refractivity contribution < 1.29 is 4.79 Å². The van der Waals surface area contributed by atoms with Gasteiger partial charge in [0.25, 0.3) is 0 Å². The maximum Gasteiger partial charge on any atom is 0.241 e. The Morgan fingerprint density at radius 2 is 1.80 bits per heavy atom. The first-order valence-electron chi connectivity index (χ1n) is 6.58. The van der Waals surface area contributed by atoms with Crippen LogP contribution in [0.25, 0.3) is 0 Å². The molecular formula is C16H15BrN2O. The van der Waals surface area contributed by atoms with Crippen molar-refractivity contribution in [2.24, 2.45) is 0 Å². The largest absolute Gasteiger partial charge is 0.307 e. The summed E-state index contributed by atoms with van der Waals surface area (Å²) in [5, 5.41) is 3.18. The summed E-state index contributed by atoms with van der Waals surface area (Å²) in [7, 11) is 0. The Morgan fingerprint density at radius 3 is 2.65 bits per heavy atom. The number of fused-ring (bicyclic) bond motifs is 1. The van der Waals surface area contributed by atoms with E-state index in [9.17, 15) is 4.79 Å². The predicted octanol–water partition coefficient (Wildman–Crippen LogP) is 3.09. The Labute approximate surface area is 126 Å². The van der Waals surface area contributed by atoms with E-state index in [-0.39, 0.29) is 5.91 Å². The highest BCUT2D eigenvalue weighted by Crippen LogP contribution is 2.26. The third-order valence-corrected chi connectivity index (χ3v) is 4.24. The quantitative estimate of drug-likeness (QED) is 0.917. The van der Waals surface area contributed by atoms with Crippen LogP contribution in [0.15, 0.2) is 53.0 Å². The average molecular weight is 331 g/mol. The molecule has 0 aliphatic carbocycles. The van der Waals surface area contributed by atoms with Gasteiger partial charge in [0, 0.05) is 16.7 Å². The van der Waals surface area contributed by atoms with Crippen molar-refractivity contribution in [1.29, 1.82) is 0 Å². The molecule has 1 heterocycles. The zero-order valence-electron chi connectivity index (χ0n) is 11.0. The molecule has 2 aromatic rings. The van der Waals surface area contributed by atoms with Crippen molar-refractivity contribution in [2.45, 2.75) is 13.1 Å². The van der Waals surface area contributed by atoms with Crippen LogP contribution in [0.3, 0.4) is 0 Å². The van der Waals surface area contributed by atoms with Gasteiger partial charge in [0.1, 0.15) is 0 Å². The lowest BCUT2D eigenvalue weighted by molar-refractivity contribution is -0.117. The van der Waals surface area contributed by atoms with Crippen LogP contribution in [0.1, 0.15) is 11.1 Å². The number of anilines is 1. The van der Waals surface area contributed by atoms with Crippen molar-refractivity contribution in [3.8, 4) is 0 Å². The van der Waals surface area contributed by atoms with Crippen LogP contribution in [-0.4, -0.2) is 12.5 Å². The van der Waals surface area contributed by atoms with Crippen LogP contribution in [0.5, 0.6) is 0 Å². The number of benzene rings is 2. The summed E-state index contributed by atoms with van der Waals surface area (Å²) >= 11 is 3.55. The molecule has 3 rings (SSSR count). The van der Waals surface area contributed by atoms with Gasteiger partial charge >= 0.3 is 0 Å². The molecule has 0 saturated carbocycles. The number of nitrogens with zero attached hydrogens (tertiary/aromatic N) is 1. The average Bonchev–Trinajstić information content (AvgIpc) is 2.61. The summed E-state index contributed by atoms with van der Waals surface area (Å²) in [5.41, 5.74) is 3.27. The van der Waals surface area contributed by atoms with Gasteiger partial charge in [0.15, 0.2) is 0 Å². The lowest BCUT2D eigenvalue weighted by atomic mass is 10.1. The molecular weight excluding hydrogens is 316 g/mol. The Hall–Kier alpha value is -1.65. The van der Waals surface area contributed by atoms with Gasteiger partial charge in [-0.3, -0.25) is 4.79 Å². The monoisotopic (exact) mass is 330 g/mol. The van der Waals surface area contributed by atoms with Crippen LogP contribution in [-0.2, 0) is 17.9 Å². The van der Waals surface area contributed by atoms with Gasteiger partial charge in [0.05, 0.1) is 13.1 Å². The highest BCUT2D eigenvalue weighted by molar-refractivity contribution is 9.10. The molecule has 0 saturated heterocycles. The van der Waals surface area contributed by atoms with Crippen molar-refractivity contribution >= 4 is 27.5 Å². The second-order valence-corrected chi connectivity index (χ2v) is 5.66. The highest BCUT2D eigenvalue weighted by atomic mass is 79.9. The molecule has 1 aliphatic rings. The van der Waals surface area contributed by atoms with Gasteiger partial charge in [-0.2, -0.15) is 0 Å². The number of hydrogen-bond acceptors (Lipinski definition) is 2. The van der Waals surface area contributed by atoms with Crippen LogP contribution in [0.4, 0.5) is 5.69 Å². The van der Waals surface area contributed by atoms with Crippen molar-refractivity contribution in [2.75, 3.05) is 11.4 Å². The Balaban J connectivity index is 1.98. The minimum atomic E-state index is 0.103. The molecule has 0 radical (unpaired) electrons. The minimum absolute atomic E-state index is 0.103. The van der Waals surface area contributed by atoms with E-state index in [1.54, 1.807) is 0 Å². The Morgan fingerprint density at radius 1 is 1.05 bits per heavy atom. The summed E-state index contributed by atoms with van der Waals surface area (Å²) in [4.78, 5) is 14.2. The maximum atomic E-state index is 12.3. The van der Waals surface area contributed by atoms with E-state index in [4.69, 9.17) is 0 Å². The van der Waals surface area contributed by atoms with Crippen molar-refractivity contribution in [3.63, 3.8) is 0 Å². The molecule has 0 bridgehead atoms. The number of carbonyl (C=O) groups is 1. The second kappa shape index (κ2) is 5.77. The lowest BCUT2D eigenvalue weighted by Crippen LogP contribution is -2.35. The molecule has 0 fully saturated rings. The molecule has 0 spiro atoms. The summed E-state index contributed by atoms with van der Waals surface area (Å²) in [6.07, 6.45) is 0. The van der Waals surface area contributed by atoms with Crippen LogP contribution in [0.2, 0.25) is 0 Å². The number of carbonyl (C=O) groups excluding carboxylic acids is 1. The fourth-order valence-electron chi connectivity index (χ4n) is 2.43. The predicted molar refractivity (Wildman–Crippen MR) is 83.5 cm³/mol. The molecule has 20 heavy (non-hydrogen) atoms. The minimum Gasteiger partial charge on any atom is -0.307 e. The van der Waals surface area contributed by atoms with Gasteiger partial charge in [-0.1, -0.05) is 52.3 Å².